The summed E-state index contributed by atoms with van der Waals surface area (Å²) in [6, 6.07) is 13.2. The molecule has 2 fully saturated rings. The van der Waals surface area contributed by atoms with Gasteiger partial charge in [0, 0.05) is 48.9 Å². The molecule has 3 heterocycles. The zero-order chi connectivity index (χ0) is 29.6. The Labute approximate surface area is 244 Å². The van der Waals surface area contributed by atoms with Crippen LogP contribution in [0.25, 0.3) is 11.0 Å². The van der Waals surface area contributed by atoms with Gasteiger partial charge in [-0.1, -0.05) is 6.07 Å². The molecule has 2 aromatic carbocycles. The van der Waals surface area contributed by atoms with Crippen LogP contribution in [0.15, 0.2) is 57.9 Å². The Hall–Kier alpha value is -4.67. The molecule has 0 aliphatic carbocycles. The second kappa shape index (κ2) is 12.9. The topological polar surface area (TPSA) is 136 Å². The van der Waals surface area contributed by atoms with Crippen molar-refractivity contribution in [3.05, 3.63) is 59.9 Å². The summed E-state index contributed by atoms with van der Waals surface area (Å²) in [5, 5.41) is 9.55. The highest BCUT2D eigenvalue weighted by Crippen LogP contribution is 2.23. The quantitative estimate of drug-likeness (QED) is 0.303. The Kier molecular flexibility index (Phi) is 8.85. The van der Waals surface area contributed by atoms with Crippen molar-refractivity contribution in [3.8, 4) is 0 Å². The van der Waals surface area contributed by atoms with Crippen molar-refractivity contribution in [1.82, 2.24) is 15.1 Å². The predicted molar refractivity (Wildman–Crippen MR) is 160 cm³/mol. The summed E-state index contributed by atoms with van der Waals surface area (Å²) < 4.78 is 5.68. The number of hydrogen-bond acceptors (Lipinski definition) is 6. The number of amides is 4. The van der Waals surface area contributed by atoms with Crippen molar-refractivity contribution < 1.29 is 23.6 Å². The Morgan fingerprint density at radius 3 is 2.50 bits per heavy atom. The number of guanidine groups is 1. The normalized spacial score (nSPS) is 17.7. The number of carbonyl (C=O) groups is 4. The van der Waals surface area contributed by atoms with Crippen molar-refractivity contribution >= 4 is 51.9 Å². The molecular formula is C31H36N6O5. The Morgan fingerprint density at radius 2 is 1.71 bits per heavy atom. The van der Waals surface area contributed by atoms with Gasteiger partial charge in [-0.25, -0.2) is 4.99 Å². The molecule has 5 rings (SSSR count). The van der Waals surface area contributed by atoms with Gasteiger partial charge in [-0.05, 0) is 81.5 Å². The number of aryl methyl sites for hydroxylation is 1. The second-order valence-electron chi connectivity index (χ2n) is 10.8. The maximum Gasteiger partial charge on any atom is 0.258 e. The zero-order valence-electron chi connectivity index (χ0n) is 23.9. The number of hydrogen-bond donors (Lipinski definition) is 3. The first-order valence-corrected chi connectivity index (χ1v) is 14.4. The lowest BCUT2D eigenvalue weighted by Gasteiger charge is -2.25. The number of nitrogens with zero attached hydrogens (tertiary/aromatic N) is 3. The molecule has 3 aromatic rings. The summed E-state index contributed by atoms with van der Waals surface area (Å²) in [5.74, 6) is -0.106. The van der Waals surface area contributed by atoms with Gasteiger partial charge in [-0.3, -0.25) is 24.5 Å². The summed E-state index contributed by atoms with van der Waals surface area (Å²) in [6.07, 6.45) is 3.99. The van der Waals surface area contributed by atoms with Crippen molar-refractivity contribution in [2.75, 3.05) is 36.8 Å². The molecule has 1 aromatic heterocycles. The molecule has 2 aliphatic heterocycles. The maximum absolute atomic E-state index is 13.6. The van der Waals surface area contributed by atoms with E-state index in [4.69, 9.17) is 9.41 Å². The van der Waals surface area contributed by atoms with E-state index in [0.29, 0.717) is 29.9 Å². The van der Waals surface area contributed by atoms with Gasteiger partial charge < -0.3 is 24.9 Å². The van der Waals surface area contributed by atoms with Gasteiger partial charge >= 0.3 is 0 Å². The number of nitrogens with one attached hydrogen (secondary N) is 3. The lowest BCUT2D eigenvalue weighted by molar-refractivity contribution is -0.140. The molecule has 2 aliphatic rings. The fraction of sp³-hybridized carbons (Fsp3) is 0.387. The molecule has 11 heteroatoms. The monoisotopic (exact) mass is 572 g/mol. The van der Waals surface area contributed by atoms with Crippen LogP contribution in [0.4, 0.5) is 11.4 Å². The molecule has 1 atom stereocenters. The standard InChI is InChI=1S/C31H36N6O5/c1-20-16-23-18-25(11-12-27(23)42-20)33-31(35-29(40)22-8-7-9-24(17-22)32-21(2)38)34-26-10-3-4-15-37(30(26)41)19-28(39)36-13-5-6-14-36/h7-9,11-12,16-18,26H,3-6,10,13-15,19H2,1-2H3,(H,32,38)(H2,33,34,35,40). The molecule has 0 radical (unpaired) electrons. The van der Waals surface area contributed by atoms with Crippen molar-refractivity contribution in [2.24, 2.45) is 4.99 Å². The van der Waals surface area contributed by atoms with Gasteiger partial charge in [-0.2, -0.15) is 0 Å². The zero-order valence-corrected chi connectivity index (χ0v) is 23.9. The second-order valence-corrected chi connectivity index (χ2v) is 10.8. The molecule has 0 spiro atoms. The van der Waals surface area contributed by atoms with Gasteiger partial charge in [0.05, 0.1) is 6.54 Å². The Balaban J connectivity index is 1.40. The largest absolute Gasteiger partial charge is 0.461 e. The highest BCUT2D eigenvalue weighted by molar-refractivity contribution is 6.11. The average molecular weight is 573 g/mol. The van der Waals surface area contributed by atoms with Gasteiger partial charge in [0.15, 0.2) is 0 Å². The molecular weight excluding hydrogens is 536 g/mol. The van der Waals surface area contributed by atoms with Crippen molar-refractivity contribution in [1.29, 1.82) is 0 Å². The van der Waals surface area contributed by atoms with Gasteiger partial charge in [0.2, 0.25) is 23.7 Å². The third-order valence-electron chi connectivity index (χ3n) is 7.40. The molecule has 3 N–H and O–H groups in total. The Morgan fingerprint density at radius 1 is 0.952 bits per heavy atom. The number of likely N-dealkylation sites (tertiary alicyclic amines) is 2. The van der Waals surface area contributed by atoms with Crippen LogP contribution in [-0.4, -0.2) is 71.6 Å². The summed E-state index contributed by atoms with van der Waals surface area (Å²) >= 11 is 0. The van der Waals surface area contributed by atoms with Crippen LogP contribution in [0.5, 0.6) is 0 Å². The predicted octanol–water partition coefficient (Wildman–Crippen LogP) is 3.90. The van der Waals surface area contributed by atoms with Crippen LogP contribution < -0.4 is 16.0 Å². The molecule has 220 valence electrons. The lowest BCUT2D eigenvalue weighted by Crippen LogP contribution is -2.45. The van der Waals surface area contributed by atoms with E-state index in [1.165, 1.54) is 6.92 Å². The highest BCUT2D eigenvalue weighted by atomic mass is 16.3. The molecule has 11 nitrogen and oxygen atoms in total. The summed E-state index contributed by atoms with van der Waals surface area (Å²) in [5.41, 5.74) is 2.17. The fourth-order valence-corrected chi connectivity index (χ4v) is 5.35. The van der Waals surface area contributed by atoms with Gasteiger partial charge in [-0.15, -0.1) is 0 Å². The summed E-state index contributed by atoms with van der Waals surface area (Å²) in [4.78, 5) is 59.4. The molecule has 4 amide bonds. The van der Waals surface area contributed by atoms with Crippen LogP contribution in [-0.2, 0) is 14.4 Å². The van der Waals surface area contributed by atoms with E-state index in [1.807, 2.05) is 30.0 Å². The van der Waals surface area contributed by atoms with E-state index in [-0.39, 0.29) is 30.2 Å². The van der Waals surface area contributed by atoms with Crippen LogP contribution >= 0.6 is 0 Å². The van der Waals surface area contributed by atoms with Crippen LogP contribution in [0.3, 0.4) is 0 Å². The highest BCUT2D eigenvalue weighted by Gasteiger charge is 2.30. The smallest absolute Gasteiger partial charge is 0.258 e. The molecule has 1 unspecified atom stereocenters. The minimum atomic E-state index is -0.771. The van der Waals surface area contributed by atoms with Gasteiger partial charge in [0.1, 0.15) is 17.4 Å². The van der Waals surface area contributed by atoms with E-state index in [1.54, 1.807) is 35.2 Å². The third-order valence-corrected chi connectivity index (χ3v) is 7.40. The first-order chi connectivity index (χ1) is 20.2. The van der Waals surface area contributed by atoms with E-state index in [9.17, 15) is 19.2 Å². The number of aliphatic imine (C=N–C) groups is 1. The van der Waals surface area contributed by atoms with Crippen molar-refractivity contribution in [3.63, 3.8) is 0 Å². The van der Waals surface area contributed by atoms with Gasteiger partial charge in [0.25, 0.3) is 5.91 Å². The molecule has 0 saturated carbocycles. The van der Waals surface area contributed by atoms with Crippen LogP contribution in [0.2, 0.25) is 0 Å². The van der Waals surface area contributed by atoms with Crippen LogP contribution in [0.1, 0.15) is 55.1 Å². The van der Waals surface area contributed by atoms with E-state index < -0.39 is 11.9 Å². The van der Waals surface area contributed by atoms with E-state index in [0.717, 1.165) is 55.5 Å². The number of anilines is 2. The van der Waals surface area contributed by atoms with E-state index in [2.05, 4.69) is 16.0 Å². The summed E-state index contributed by atoms with van der Waals surface area (Å²) in [6.45, 7) is 5.25. The Bertz CT molecular complexity index is 1520. The van der Waals surface area contributed by atoms with E-state index >= 15 is 0 Å². The maximum atomic E-state index is 13.6. The lowest BCUT2D eigenvalue weighted by atomic mass is 10.1. The molecule has 2 saturated heterocycles. The third kappa shape index (κ3) is 7.15. The number of furan rings is 1. The minimum absolute atomic E-state index is 0.0342. The summed E-state index contributed by atoms with van der Waals surface area (Å²) in [7, 11) is 0. The first-order valence-electron chi connectivity index (χ1n) is 14.4. The number of fused-ring (bicyclic) bond motifs is 1. The number of carbonyl (C=O) groups excluding carboxylic acids is 4. The average Bonchev–Trinajstić information content (AvgIpc) is 3.59. The minimum Gasteiger partial charge on any atom is -0.461 e. The van der Waals surface area contributed by atoms with Crippen LogP contribution in [0, 0.1) is 6.92 Å². The first kappa shape index (κ1) is 28.8. The fourth-order valence-electron chi connectivity index (χ4n) is 5.35. The number of rotatable bonds is 6. The molecule has 0 bridgehead atoms. The number of benzene rings is 2. The SMILES string of the molecule is CC(=O)Nc1cccc(C(=O)NC(=NC2CCCCN(CC(=O)N3CCCC3)C2=O)Nc2ccc3oc(C)cc3c2)c1. The molecule has 42 heavy (non-hydrogen) atoms. The van der Waals surface area contributed by atoms with Crippen molar-refractivity contribution in [2.45, 2.75) is 52.0 Å².